The van der Waals surface area contributed by atoms with Gasteiger partial charge in [-0.05, 0) is 20.3 Å². The monoisotopic (exact) mass is 269 g/mol. The molecule has 0 saturated carbocycles. The van der Waals surface area contributed by atoms with Gasteiger partial charge in [0.2, 0.25) is 0 Å². The van der Waals surface area contributed by atoms with E-state index < -0.39 is 23.5 Å². The van der Waals surface area contributed by atoms with Crippen LogP contribution in [0.25, 0.3) is 0 Å². The van der Waals surface area contributed by atoms with E-state index in [0.717, 1.165) is 4.90 Å². The Kier molecular flexibility index (Phi) is 6.94. The zero-order valence-corrected chi connectivity index (χ0v) is 10.9. The number of nitrogens with zero attached hydrogens (tertiary/aromatic N) is 1. The SMILES string of the molecule is CCCCC(F)=C(C(=O)N(CC)CC)C(F)(F)F. The van der Waals surface area contributed by atoms with Crippen LogP contribution in [-0.2, 0) is 4.79 Å². The molecule has 0 aromatic carbocycles. The molecule has 0 saturated heterocycles. The van der Waals surface area contributed by atoms with Crippen LogP contribution in [0.4, 0.5) is 17.6 Å². The lowest BCUT2D eigenvalue weighted by molar-refractivity contribution is -0.140. The first-order valence-electron chi connectivity index (χ1n) is 6.04. The van der Waals surface area contributed by atoms with Gasteiger partial charge in [-0.2, -0.15) is 13.2 Å². The second-order valence-corrected chi connectivity index (χ2v) is 3.86. The van der Waals surface area contributed by atoms with Crippen molar-refractivity contribution in [2.24, 2.45) is 0 Å². The second kappa shape index (κ2) is 7.38. The highest BCUT2D eigenvalue weighted by atomic mass is 19.4. The normalized spacial score (nSPS) is 13.3. The molecule has 0 spiro atoms. The summed E-state index contributed by atoms with van der Waals surface area (Å²) in [5.74, 6) is -2.64. The van der Waals surface area contributed by atoms with Crippen LogP contribution in [0.1, 0.15) is 40.0 Å². The van der Waals surface area contributed by atoms with Gasteiger partial charge in [0.25, 0.3) is 5.91 Å². The zero-order valence-electron chi connectivity index (χ0n) is 10.9. The number of hydrogen-bond donors (Lipinski definition) is 0. The fourth-order valence-electron chi connectivity index (χ4n) is 1.52. The highest BCUT2D eigenvalue weighted by Crippen LogP contribution is 2.32. The number of hydrogen-bond acceptors (Lipinski definition) is 1. The molecule has 18 heavy (non-hydrogen) atoms. The molecule has 0 atom stereocenters. The lowest BCUT2D eigenvalue weighted by Gasteiger charge is -2.22. The Morgan fingerprint density at radius 2 is 1.61 bits per heavy atom. The second-order valence-electron chi connectivity index (χ2n) is 3.86. The summed E-state index contributed by atoms with van der Waals surface area (Å²) in [6.45, 7) is 5.09. The number of unbranched alkanes of at least 4 members (excludes halogenated alkanes) is 1. The Morgan fingerprint density at radius 1 is 1.11 bits per heavy atom. The van der Waals surface area contributed by atoms with Crippen molar-refractivity contribution in [1.29, 1.82) is 0 Å². The van der Waals surface area contributed by atoms with Crippen LogP contribution in [-0.4, -0.2) is 30.1 Å². The molecule has 2 nitrogen and oxygen atoms in total. The van der Waals surface area contributed by atoms with Gasteiger partial charge in [0, 0.05) is 19.5 Å². The van der Waals surface area contributed by atoms with E-state index in [1.165, 1.54) is 0 Å². The first-order valence-corrected chi connectivity index (χ1v) is 6.04. The molecule has 0 aromatic heterocycles. The van der Waals surface area contributed by atoms with Crippen molar-refractivity contribution in [3.8, 4) is 0 Å². The van der Waals surface area contributed by atoms with Crippen LogP contribution in [0.2, 0.25) is 0 Å². The average molecular weight is 269 g/mol. The number of halogens is 4. The number of rotatable bonds is 6. The predicted molar refractivity (Wildman–Crippen MR) is 61.6 cm³/mol. The molecule has 0 aromatic rings. The third-order valence-electron chi connectivity index (χ3n) is 2.57. The van der Waals surface area contributed by atoms with Crippen LogP contribution in [0.3, 0.4) is 0 Å². The van der Waals surface area contributed by atoms with Crippen molar-refractivity contribution in [2.45, 2.75) is 46.2 Å². The van der Waals surface area contributed by atoms with Gasteiger partial charge in [0.15, 0.2) is 5.57 Å². The van der Waals surface area contributed by atoms with Crippen molar-refractivity contribution in [1.82, 2.24) is 4.90 Å². The number of alkyl halides is 3. The molecule has 1 amide bonds. The van der Waals surface area contributed by atoms with E-state index in [4.69, 9.17) is 0 Å². The maximum Gasteiger partial charge on any atom is 0.424 e. The summed E-state index contributed by atoms with van der Waals surface area (Å²) in [7, 11) is 0. The predicted octanol–water partition coefficient (Wildman–Crippen LogP) is 3.83. The summed E-state index contributed by atoms with van der Waals surface area (Å²) in [5, 5.41) is 0. The van der Waals surface area contributed by atoms with Gasteiger partial charge in [-0.25, -0.2) is 4.39 Å². The average Bonchev–Trinajstić information content (AvgIpc) is 2.26. The van der Waals surface area contributed by atoms with Crippen molar-refractivity contribution in [2.75, 3.05) is 13.1 Å². The smallest absolute Gasteiger partial charge is 0.339 e. The van der Waals surface area contributed by atoms with Crippen LogP contribution < -0.4 is 0 Å². The van der Waals surface area contributed by atoms with E-state index in [1.54, 1.807) is 20.8 Å². The Balaban J connectivity index is 5.30. The number of carbonyl (C=O) groups is 1. The first kappa shape index (κ1) is 16.9. The maximum absolute atomic E-state index is 13.5. The molecular weight excluding hydrogens is 250 g/mol. The molecule has 0 aliphatic rings. The van der Waals surface area contributed by atoms with Gasteiger partial charge in [-0.15, -0.1) is 0 Å². The molecule has 0 aliphatic carbocycles. The summed E-state index contributed by atoms with van der Waals surface area (Å²) < 4.78 is 51.8. The minimum Gasteiger partial charge on any atom is -0.339 e. The molecular formula is C12H19F4NO. The van der Waals surface area contributed by atoms with Crippen LogP contribution >= 0.6 is 0 Å². The van der Waals surface area contributed by atoms with Crippen LogP contribution in [0, 0.1) is 0 Å². The van der Waals surface area contributed by atoms with Gasteiger partial charge in [-0.1, -0.05) is 13.3 Å². The summed E-state index contributed by atoms with van der Waals surface area (Å²) >= 11 is 0. The molecule has 0 bridgehead atoms. The number of allylic oxidation sites excluding steroid dienone is 1. The van der Waals surface area contributed by atoms with Crippen LogP contribution in [0.15, 0.2) is 11.4 Å². The molecule has 0 aliphatic heterocycles. The molecule has 0 heterocycles. The molecule has 0 unspecified atom stereocenters. The van der Waals surface area contributed by atoms with E-state index in [1.807, 2.05) is 0 Å². The summed E-state index contributed by atoms with van der Waals surface area (Å²) in [4.78, 5) is 12.6. The molecule has 0 radical (unpaired) electrons. The lowest BCUT2D eigenvalue weighted by Crippen LogP contribution is -2.37. The topological polar surface area (TPSA) is 20.3 Å². The number of carbonyl (C=O) groups excluding carboxylic acids is 1. The summed E-state index contributed by atoms with van der Waals surface area (Å²) in [5.41, 5.74) is -1.65. The van der Waals surface area contributed by atoms with Gasteiger partial charge in [0.05, 0.1) is 0 Å². The third-order valence-corrected chi connectivity index (χ3v) is 2.57. The van der Waals surface area contributed by atoms with E-state index in [2.05, 4.69) is 0 Å². The fraction of sp³-hybridized carbons (Fsp3) is 0.750. The van der Waals surface area contributed by atoms with Gasteiger partial charge >= 0.3 is 6.18 Å². The van der Waals surface area contributed by atoms with Crippen molar-refractivity contribution in [3.05, 3.63) is 11.4 Å². The molecule has 0 rings (SSSR count). The molecule has 106 valence electrons. The maximum atomic E-state index is 13.5. The summed E-state index contributed by atoms with van der Waals surface area (Å²) in [6.07, 6.45) is -4.44. The van der Waals surface area contributed by atoms with E-state index >= 15 is 0 Å². The fourth-order valence-corrected chi connectivity index (χ4v) is 1.52. The Labute approximate surface area is 105 Å². The third kappa shape index (κ3) is 4.66. The highest BCUT2D eigenvalue weighted by Gasteiger charge is 2.43. The van der Waals surface area contributed by atoms with Gasteiger partial charge < -0.3 is 4.90 Å². The number of likely N-dealkylation sites (N-methyl/N-ethyl adjacent to an activating group) is 1. The Bertz CT molecular complexity index is 306. The molecule has 6 heteroatoms. The van der Waals surface area contributed by atoms with Gasteiger partial charge in [0.1, 0.15) is 5.83 Å². The standard InChI is InChI=1S/C12H19F4NO/c1-4-7-8-9(13)10(12(14,15)16)11(18)17(5-2)6-3/h4-8H2,1-3H3. The van der Waals surface area contributed by atoms with Crippen LogP contribution in [0.5, 0.6) is 0 Å². The first-order chi connectivity index (χ1) is 8.29. The molecule has 0 N–H and O–H groups in total. The van der Waals surface area contributed by atoms with Gasteiger partial charge in [-0.3, -0.25) is 4.79 Å². The van der Waals surface area contributed by atoms with Crippen molar-refractivity contribution >= 4 is 5.91 Å². The Hall–Kier alpha value is -1.07. The molecule has 0 fully saturated rings. The largest absolute Gasteiger partial charge is 0.424 e. The van der Waals surface area contributed by atoms with E-state index in [0.29, 0.717) is 6.42 Å². The zero-order chi connectivity index (χ0) is 14.3. The van der Waals surface area contributed by atoms with Crippen molar-refractivity contribution < 1.29 is 22.4 Å². The summed E-state index contributed by atoms with van der Waals surface area (Å²) in [6, 6.07) is 0. The Morgan fingerprint density at radius 3 is 1.94 bits per heavy atom. The van der Waals surface area contributed by atoms with Crippen molar-refractivity contribution in [3.63, 3.8) is 0 Å². The lowest BCUT2D eigenvalue weighted by atomic mass is 10.1. The van der Waals surface area contributed by atoms with E-state index in [-0.39, 0.29) is 25.9 Å². The minimum absolute atomic E-state index is 0.121. The quantitative estimate of drug-likeness (QED) is 0.530. The number of amides is 1. The minimum atomic E-state index is -4.95. The highest BCUT2D eigenvalue weighted by molar-refractivity contribution is 5.95. The van der Waals surface area contributed by atoms with E-state index in [9.17, 15) is 22.4 Å².